The van der Waals surface area contributed by atoms with E-state index in [0.29, 0.717) is 0 Å². The Balaban J connectivity index is 1.64. The lowest BCUT2D eigenvalue weighted by molar-refractivity contribution is 0.827. The molecule has 4 aromatic rings. The number of benzene rings is 3. The molecule has 0 aliphatic heterocycles. The van der Waals surface area contributed by atoms with Crippen LogP contribution in [0.1, 0.15) is 24.5 Å². The predicted molar refractivity (Wildman–Crippen MR) is 121 cm³/mol. The molecule has 0 saturated heterocycles. The van der Waals surface area contributed by atoms with Gasteiger partial charge in [-0.25, -0.2) is 0 Å². The molecule has 0 amide bonds. The molecule has 1 heterocycles. The van der Waals surface area contributed by atoms with Crippen LogP contribution in [0, 0.1) is 0 Å². The van der Waals surface area contributed by atoms with E-state index in [2.05, 4.69) is 109 Å². The quantitative estimate of drug-likeness (QED) is 0.362. The number of aromatic nitrogens is 1. The third kappa shape index (κ3) is 2.80. The standard InChI is InChI=1S/C27H23N/c1-2-28-26-15-9-8-14-24(26)25-19-20(16-17-27(25)28)18-22-12-6-7-13-23(22)21-10-4-3-5-11-21/h3-11,13-19H,2,12H2,1H3. The van der Waals surface area contributed by atoms with E-state index in [1.807, 2.05) is 0 Å². The molecule has 0 radical (unpaired) electrons. The van der Waals surface area contributed by atoms with E-state index in [1.165, 1.54) is 44.1 Å². The fraction of sp³-hybridized carbons (Fsp3) is 0.111. The van der Waals surface area contributed by atoms with Crippen LogP contribution in [0.4, 0.5) is 0 Å². The van der Waals surface area contributed by atoms with Crippen molar-refractivity contribution in [3.05, 3.63) is 108 Å². The minimum Gasteiger partial charge on any atom is -0.341 e. The fourth-order valence-electron chi connectivity index (χ4n) is 4.32. The van der Waals surface area contributed by atoms with Gasteiger partial charge in [-0.05, 0) is 53.8 Å². The number of hydrogen-bond acceptors (Lipinski definition) is 0. The van der Waals surface area contributed by atoms with Gasteiger partial charge in [0.05, 0.1) is 0 Å². The third-order valence-corrected chi connectivity index (χ3v) is 5.62. The normalized spacial score (nSPS) is 15.5. The molecule has 1 aliphatic rings. The molecular weight excluding hydrogens is 338 g/mol. The van der Waals surface area contributed by atoms with Crippen molar-refractivity contribution in [2.45, 2.75) is 19.9 Å². The van der Waals surface area contributed by atoms with E-state index >= 15 is 0 Å². The van der Waals surface area contributed by atoms with E-state index in [-0.39, 0.29) is 0 Å². The van der Waals surface area contributed by atoms with Crippen molar-refractivity contribution in [2.75, 3.05) is 0 Å². The summed E-state index contributed by atoms with van der Waals surface area (Å²) in [5.41, 5.74) is 7.86. The molecule has 5 rings (SSSR count). The second kappa shape index (κ2) is 7.01. The molecule has 1 aromatic heterocycles. The SMILES string of the molecule is CCn1c2ccccc2c2cc(C=C3CC=CC=C3c3ccccc3)ccc21. The highest BCUT2D eigenvalue weighted by Crippen LogP contribution is 2.33. The second-order valence-corrected chi connectivity index (χ2v) is 7.29. The van der Waals surface area contributed by atoms with Gasteiger partial charge in [-0.1, -0.05) is 78.9 Å². The summed E-state index contributed by atoms with van der Waals surface area (Å²) >= 11 is 0. The number of fused-ring (bicyclic) bond motifs is 3. The molecule has 0 fully saturated rings. The highest BCUT2D eigenvalue weighted by molar-refractivity contribution is 6.08. The average Bonchev–Trinajstić information content (AvgIpc) is 3.08. The van der Waals surface area contributed by atoms with Crippen molar-refractivity contribution in [3.63, 3.8) is 0 Å². The lowest BCUT2D eigenvalue weighted by Gasteiger charge is -2.14. The number of nitrogens with zero attached hydrogens (tertiary/aromatic N) is 1. The van der Waals surface area contributed by atoms with Crippen molar-refractivity contribution in [1.29, 1.82) is 0 Å². The monoisotopic (exact) mass is 361 g/mol. The van der Waals surface area contributed by atoms with Crippen LogP contribution in [-0.4, -0.2) is 4.57 Å². The zero-order valence-corrected chi connectivity index (χ0v) is 16.1. The molecule has 1 heteroatoms. The largest absolute Gasteiger partial charge is 0.341 e. The summed E-state index contributed by atoms with van der Waals surface area (Å²) < 4.78 is 2.40. The lowest BCUT2D eigenvalue weighted by atomic mass is 9.90. The van der Waals surface area contributed by atoms with Gasteiger partial charge in [0.25, 0.3) is 0 Å². The van der Waals surface area contributed by atoms with Crippen molar-refractivity contribution in [2.24, 2.45) is 0 Å². The van der Waals surface area contributed by atoms with E-state index in [9.17, 15) is 0 Å². The molecule has 28 heavy (non-hydrogen) atoms. The van der Waals surface area contributed by atoms with Gasteiger partial charge in [0.1, 0.15) is 0 Å². The summed E-state index contributed by atoms with van der Waals surface area (Å²) in [7, 11) is 0. The number of allylic oxidation sites excluding steroid dienone is 5. The van der Waals surface area contributed by atoms with Crippen molar-refractivity contribution in [3.8, 4) is 0 Å². The van der Waals surface area contributed by atoms with Crippen LogP contribution in [0.2, 0.25) is 0 Å². The zero-order valence-electron chi connectivity index (χ0n) is 16.1. The summed E-state index contributed by atoms with van der Waals surface area (Å²) in [5, 5.41) is 2.67. The second-order valence-electron chi connectivity index (χ2n) is 7.29. The zero-order chi connectivity index (χ0) is 18.9. The molecule has 0 unspecified atom stereocenters. The van der Waals surface area contributed by atoms with Gasteiger partial charge in [-0.15, -0.1) is 0 Å². The van der Waals surface area contributed by atoms with Crippen LogP contribution in [0.15, 0.2) is 96.6 Å². The van der Waals surface area contributed by atoms with Gasteiger partial charge < -0.3 is 4.57 Å². The Kier molecular flexibility index (Phi) is 4.21. The van der Waals surface area contributed by atoms with Crippen LogP contribution in [0.25, 0.3) is 33.5 Å². The number of hydrogen-bond donors (Lipinski definition) is 0. The highest BCUT2D eigenvalue weighted by atomic mass is 15.0. The molecule has 1 nitrogen and oxygen atoms in total. The van der Waals surface area contributed by atoms with E-state index in [1.54, 1.807) is 0 Å². The van der Waals surface area contributed by atoms with Crippen LogP contribution in [-0.2, 0) is 6.54 Å². The van der Waals surface area contributed by atoms with Crippen LogP contribution in [0.3, 0.4) is 0 Å². The first-order chi connectivity index (χ1) is 13.8. The van der Waals surface area contributed by atoms with Gasteiger partial charge in [0, 0.05) is 28.4 Å². The first-order valence-corrected chi connectivity index (χ1v) is 9.99. The van der Waals surface area contributed by atoms with E-state index < -0.39 is 0 Å². The smallest absolute Gasteiger partial charge is 0.0491 e. The Morgan fingerprint density at radius 3 is 2.50 bits per heavy atom. The molecule has 0 N–H and O–H groups in total. The molecule has 3 aromatic carbocycles. The molecule has 1 aliphatic carbocycles. The lowest BCUT2D eigenvalue weighted by Crippen LogP contribution is -1.94. The number of rotatable bonds is 3. The molecule has 0 saturated carbocycles. The summed E-state index contributed by atoms with van der Waals surface area (Å²) in [5.74, 6) is 0. The topological polar surface area (TPSA) is 4.93 Å². The van der Waals surface area contributed by atoms with Crippen molar-refractivity contribution < 1.29 is 0 Å². The van der Waals surface area contributed by atoms with Gasteiger partial charge >= 0.3 is 0 Å². The maximum absolute atomic E-state index is 2.40. The minimum atomic E-state index is 0.968. The molecule has 0 bridgehead atoms. The summed E-state index contributed by atoms with van der Waals surface area (Å²) in [6.07, 6.45) is 9.94. The van der Waals surface area contributed by atoms with Gasteiger partial charge in [0.15, 0.2) is 0 Å². The summed E-state index contributed by atoms with van der Waals surface area (Å²) in [6, 6.07) is 26.3. The summed E-state index contributed by atoms with van der Waals surface area (Å²) in [6.45, 7) is 3.20. The van der Waals surface area contributed by atoms with Gasteiger partial charge in [0.2, 0.25) is 0 Å². The van der Waals surface area contributed by atoms with E-state index in [4.69, 9.17) is 0 Å². The Morgan fingerprint density at radius 1 is 0.857 bits per heavy atom. The van der Waals surface area contributed by atoms with Gasteiger partial charge in [-0.3, -0.25) is 0 Å². The Bertz CT molecular complexity index is 1250. The maximum atomic E-state index is 2.40. The first-order valence-electron chi connectivity index (χ1n) is 9.99. The van der Waals surface area contributed by atoms with Crippen LogP contribution < -0.4 is 0 Å². The highest BCUT2D eigenvalue weighted by Gasteiger charge is 2.12. The van der Waals surface area contributed by atoms with E-state index in [0.717, 1.165) is 13.0 Å². The molecule has 0 atom stereocenters. The molecular formula is C27H23N. The first kappa shape index (κ1) is 16.8. The molecule has 0 spiro atoms. The molecule has 136 valence electrons. The van der Waals surface area contributed by atoms with Crippen LogP contribution >= 0.6 is 0 Å². The average molecular weight is 361 g/mol. The predicted octanol–water partition coefficient (Wildman–Crippen LogP) is 7.24. The van der Waals surface area contributed by atoms with Crippen molar-refractivity contribution >= 4 is 33.5 Å². The third-order valence-electron chi connectivity index (χ3n) is 5.62. The minimum absolute atomic E-state index is 0.968. The fourth-order valence-corrected chi connectivity index (χ4v) is 4.32. The Labute approximate surface area is 165 Å². The Morgan fingerprint density at radius 2 is 1.64 bits per heavy atom. The van der Waals surface area contributed by atoms with Crippen LogP contribution in [0.5, 0.6) is 0 Å². The number of para-hydroxylation sites is 1. The summed E-state index contributed by atoms with van der Waals surface area (Å²) in [4.78, 5) is 0. The Hall–Kier alpha value is -3.32. The maximum Gasteiger partial charge on any atom is 0.0491 e. The van der Waals surface area contributed by atoms with Gasteiger partial charge in [-0.2, -0.15) is 0 Å². The van der Waals surface area contributed by atoms with Crippen molar-refractivity contribution in [1.82, 2.24) is 4.57 Å². The number of aryl methyl sites for hydroxylation is 1.